The Balaban J connectivity index is 1.35. The number of aromatic nitrogens is 2. The molecule has 3 heterocycles. The van der Waals surface area contributed by atoms with E-state index in [1.165, 1.54) is 5.56 Å². The van der Waals surface area contributed by atoms with Crippen molar-refractivity contribution in [1.82, 2.24) is 15.1 Å². The minimum absolute atomic E-state index is 0.333. The van der Waals surface area contributed by atoms with E-state index < -0.39 is 0 Å². The average molecular weight is 344 g/mol. The largest absolute Gasteiger partial charge is 0.472 e. The van der Waals surface area contributed by atoms with Gasteiger partial charge in [0.1, 0.15) is 6.26 Å². The lowest BCUT2D eigenvalue weighted by Crippen LogP contribution is -2.32. The van der Waals surface area contributed by atoms with Crippen LogP contribution >= 0.6 is 11.6 Å². The molecule has 6 heteroatoms. The van der Waals surface area contributed by atoms with Gasteiger partial charge in [-0.3, -0.25) is 4.90 Å². The number of nitrogens with zero attached hydrogens (tertiary/aromatic N) is 3. The average Bonchev–Trinajstić information content (AvgIpc) is 3.29. The standard InChI is InChI=1S/C18H18ClN3O2/c19-16-3-1-13(2-4-16)11-22-8-5-14(6-9-22)17-20-21-18(24-17)15-7-10-23-12-15/h1-4,7,10,12,14H,5-6,8-9,11H2. The molecule has 1 saturated heterocycles. The number of hydrogen-bond donors (Lipinski definition) is 0. The van der Waals surface area contributed by atoms with Gasteiger partial charge in [0.25, 0.3) is 5.89 Å². The fourth-order valence-corrected chi connectivity index (χ4v) is 3.21. The fraction of sp³-hybridized carbons (Fsp3) is 0.333. The second-order valence-corrected chi connectivity index (χ2v) is 6.57. The van der Waals surface area contributed by atoms with Gasteiger partial charge in [-0.25, -0.2) is 0 Å². The number of benzene rings is 1. The van der Waals surface area contributed by atoms with Gasteiger partial charge in [0.2, 0.25) is 5.89 Å². The van der Waals surface area contributed by atoms with Gasteiger partial charge in [0, 0.05) is 17.5 Å². The van der Waals surface area contributed by atoms with Crippen LogP contribution in [0.25, 0.3) is 11.5 Å². The van der Waals surface area contributed by atoms with Crippen LogP contribution in [0.5, 0.6) is 0 Å². The fourth-order valence-electron chi connectivity index (χ4n) is 3.09. The molecule has 1 aliphatic heterocycles. The molecule has 0 bridgehead atoms. The van der Waals surface area contributed by atoms with Gasteiger partial charge >= 0.3 is 0 Å². The number of hydrogen-bond acceptors (Lipinski definition) is 5. The molecule has 0 unspecified atom stereocenters. The molecule has 3 aromatic rings. The Bertz CT molecular complexity index is 775. The summed E-state index contributed by atoms with van der Waals surface area (Å²) in [5.41, 5.74) is 2.12. The molecule has 1 aromatic carbocycles. The summed E-state index contributed by atoms with van der Waals surface area (Å²) < 4.78 is 10.9. The molecule has 2 aromatic heterocycles. The van der Waals surface area contributed by atoms with E-state index in [-0.39, 0.29) is 0 Å². The third kappa shape index (κ3) is 3.37. The summed E-state index contributed by atoms with van der Waals surface area (Å²) in [5.74, 6) is 1.60. The van der Waals surface area contributed by atoms with Gasteiger partial charge in [0.05, 0.1) is 11.8 Å². The first kappa shape index (κ1) is 15.4. The Morgan fingerprint density at radius 3 is 2.58 bits per heavy atom. The predicted octanol–water partition coefficient (Wildman–Crippen LogP) is 4.36. The van der Waals surface area contributed by atoms with Crippen LogP contribution in [0.1, 0.15) is 30.2 Å². The zero-order chi connectivity index (χ0) is 16.4. The number of halogens is 1. The highest BCUT2D eigenvalue weighted by Gasteiger charge is 2.25. The maximum absolute atomic E-state index is 5.94. The molecule has 124 valence electrons. The van der Waals surface area contributed by atoms with Gasteiger partial charge in [-0.15, -0.1) is 10.2 Å². The van der Waals surface area contributed by atoms with Crippen molar-refractivity contribution in [3.8, 4) is 11.5 Å². The summed E-state index contributed by atoms with van der Waals surface area (Å²) >= 11 is 5.94. The van der Waals surface area contributed by atoms with E-state index in [9.17, 15) is 0 Å². The molecule has 0 radical (unpaired) electrons. The van der Waals surface area contributed by atoms with Crippen LogP contribution in [0.2, 0.25) is 5.02 Å². The van der Waals surface area contributed by atoms with Crippen molar-refractivity contribution in [1.29, 1.82) is 0 Å². The van der Waals surface area contributed by atoms with Crippen molar-refractivity contribution < 1.29 is 8.83 Å². The topological polar surface area (TPSA) is 55.3 Å². The molecule has 0 saturated carbocycles. The van der Waals surface area contributed by atoms with E-state index in [0.29, 0.717) is 11.8 Å². The summed E-state index contributed by atoms with van der Waals surface area (Å²) in [6.45, 7) is 3.00. The highest BCUT2D eigenvalue weighted by molar-refractivity contribution is 6.30. The minimum atomic E-state index is 0.333. The first-order valence-corrected chi connectivity index (χ1v) is 8.48. The lowest BCUT2D eigenvalue weighted by atomic mass is 9.96. The van der Waals surface area contributed by atoms with E-state index in [1.54, 1.807) is 12.5 Å². The van der Waals surface area contributed by atoms with Crippen LogP contribution in [0.15, 0.2) is 51.7 Å². The number of furan rings is 1. The van der Waals surface area contributed by atoms with Crippen molar-refractivity contribution >= 4 is 11.6 Å². The molecule has 0 atom stereocenters. The zero-order valence-electron chi connectivity index (χ0n) is 13.2. The van der Waals surface area contributed by atoms with Crippen molar-refractivity contribution in [2.45, 2.75) is 25.3 Å². The third-order valence-electron chi connectivity index (χ3n) is 4.47. The van der Waals surface area contributed by atoms with Crippen molar-refractivity contribution in [3.05, 3.63) is 59.3 Å². The maximum atomic E-state index is 5.94. The molecule has 0 spiro atoms. The summed E-state index contributed by atoms with van der Waals surface area (Å²) in [7, 11) is 0. The Kier molecular flexibility index (Phi) is 4.36. The number of rotatable bonds is 4. The Labute approximate surface area is 145 Å². The van der Waals surface area contributed by atoms with Crippen molar-refractivity contribution in [2.75, 3.05) is 13.1 Å². The Morgan fingerprint density at radius 1 is 1.08 bits per heavy atom. The zero-order valence-corrected chi connectivity index (χ0v) is 13.9. The van der Waals surface area contributed by atoms with E-state index in [2.05, 4.69) is 27.2 Å². The van der Waals surface area contributed by atoms with Crippen LogP contribution in [0, 0.1) is 0 Å². The number of likely N-dealkylation sites (tertiary alicyclic amines) is 1. The Morgan fingerprint density at radius 2 is 1.88 bits per heavy atom. The van der Waals surface area contributed by atoms with E-state index in [4.69, 9.17) is 20.4 Å². The van der Waals surface area contributed by atoms with Crippen LogP contribution in [0.3, 0.4) is 0 Å². The summed E-state index contributed by atoms with van der Waals surface area (Å²) in [4.78, 5) is 2.45. The van der Waals surface area contributed by atoms with E-state index in [1.807, 2.05) is 18.2 Å². The highest BCUT2D eigenvalue weighted by Crippen LogP contribution is 2.30. The van der Waals surface area contributed by atoms with E-state index in [0.717, 1.165) is 49.0 Å². The predicted molar refractivity (Wildman–Crippen MR) is 90.7 cm³/mol. The monoisotopic (exact) mass is 343 g/mol. The van der Waals surface area contributed by atoms with Crippen molar-refractivity contribution in [3.63, 3.8) is 0 Å². The van der Waals surface area contributed by atoms with E-state index >= 15 is 0 Å². The molecule has 24 heavy (non-hydrogen) atoms. The molecule has 0 amide bonds. The molecular weight excluding hydrogens is 326 g/mol. The molecule has 1 fully saturated rings. The van der Waals surface area contributed by atoms with Gasteiger partial charge in [-0.2, -0.15) is 0 Å². The van der Waals surface area contributed by atoms with Gasteiger partial charge in [-0.1, -0.05) is 23.7 Å². The molecule has 4 rings (SSSR count). The molecule has 5 nitrogen and oxygen atoms in total. The second-order valence-electron chi connectivity index (χ2n) is 6.13. The molecule has 0 N–H and O–H groups in total. The number of piperidine rings is 1. The minimum Gasteiger partial charge on any atom is -0.472 e. The lowest BCUT2D eigenvalue weighted by Gasteiger charge is -2.30. The van der Waals surface area contributed by atoms with Gasteiger partial charge in [0.15, 0.2) is 0 Å². The SMILES string of the molecule is Clc1ccc(CN2CCC(c3nnc(-c4ccoc4)o3)CC2)cc1. The second kappa shape index (κ2) is 6.79. The molecule has 1 aliphatic rings. The summed E-state index contributed by atoms with van der Waals surface area (Å²) in [6.07, 6.45) is 5.28. The quantitative estimate of drug-likeness (QED) is 0.704. The normalized spacial score (nSPS) is 16.5. The lowest BCUT2D eigenvalue weighted by molar-refractivity contribution is 0.193. The maximum Gasteiger partial charge on any atom is 0.250 e. The highest BCUT2D eigenvalue weighted by atomic mass is 35.5. The van der Waals surface area contributed by atoms with Crippen molar-refractivity contribution in [2.24, 2.45) is 0 Å². The van der Waals surface area contributed by atoms with Gasteiger partial charge in [-0.05, 0) is 49.7 Å². The van der Waals surface area contributed by atoms with Crippen LogP contribution in [-0.4, -0.2) is 28.2 Å². The summed E-state index contributed by atoms with van der Waals surface area (Å²) in [5, 5.41) is 9.13. The molecule has 0 aliphatic carbocycles. The van der Waals surface area contributed by atoms with Gasteiger partial charge < -0.3 is 8.83 Å². The van der Waals surface area contributed by atoms with Crippen LogP contribution in [0.4, 0.5) is 0 Å². The summed E-state index contributed by atoms with van der Waals surface area (Å²) in [6, 6.07) is 9.89. The Hall–Kier alpha value is -2.11. The molecular formula is C18H18ClN3O2. The first-order valence-electron chi connectivity index (χ1n) is 8.11. The third-order valence-corrected chi connectivity index (χ3v) is 4.72. The smallest absolute Gasteiger partial charge is 0.250 e. The first-order chi connectivity index (χ1) is 11.8. The van der Waals surface area contributed by atoms with Crippen LogP contribution < -0.4 is 0 Å². The van der Waals surface area contributed by atoms with Crippen LogP contribution in [-0.2, 0) is 6.54 Å².